The molecule has 3 aliphatic rings. The van der Waals surface area contributed by atoms with E-state index in [2.05, 4.69) is 21.3 Å². The number of aliphatic imine (C=N–C) groups is 1. The van der Waals surface area contributed by atoms with Crippen molar-refractivity contribution in [1.29, 1.82) is 0 Å². The van der Waals surface area contributed by atoms with Crippen LogP contribution in [-0.4, -0.2) is 29.2 Å². The number of halogens is 1. The quantitative estimate of drug-likeness (QED) is 0.604. The maximum absolute atomic E-state index is 12.9. The van der Waals surface area contributed by atoms with E-state index in [9.17, 15) is 14.7 Å². The van der Waals surface area contributed by atoms with Gasteiger partial charge in [-0.15, -0.1) is 12.4 Å². The fraction of sp³-hybridized carbons (Fsp3) is 0.0870. The lowest BCUT2D eigenvalue weighted by Gasteiger charge is -2.17. The molecular weight excluding hydrogens is 418 g/mol. The molecule has 8 heteroatoms. The maximum Gasteiger partial charge on any atom is 0.261 e. The maximum atomic E-state index is 12.9. The predicted molar refractivity (Wildman–Crippen MR) is 118 cm³/mol. The molecule has 2 amide bonds. The van der Waals surface area contributed by atoms with E-state index in [1.165, 1.54) is 17.9 Å². The molecule has 0 saturated carbocycles. The Bertz CT molecular complexity index is 1380. The van der Waals surface area contributed by atoms with Crippen LogP contribution in [-0.2, 0) is 16.0 Å². The summed E-state index contributed by atoms with van der Waals surface area (Å²) in [4.78, 5) is 32.4. The number of furan rings is 1. The van der Waals surface area contributed by atoms with Gasteiger partial charge in [-0.2, -0.15) is 0 Å². The molecule has 0 fully saturated rings. The van der Waals surface area contributed by atoms with E-state index in [-0.39, 0.29) is 29.3 Å². The fourth-order valence-electron chi connectivity index (χ4n) is 4.47. The molecule has 3 aromatic rings. The van der Waals surface area contributed by atoms with Gasteiger partial charge in [-0.25, -0.2) is 0 Å². The van der Waals surface area contributed by atoms with Gasteiger partial charge >= 0.3 is 0 Å². The number of nitrogens with zero attached hydrogens (tertiary/aromatic N) is 2. The van der Waals surface area contributed by atoms with E-state index in [1.54, 1.807) is 18.3 Å². The summed E-state index contributed by atoms with van der Waals surface area (Å²) >= 11 is 0. The summed E-state index contributed by atoms with van der Waals surface area (Å²) in [6, 6.07) is 10.6. The number of phenols is 1. The number of imide groups is 1. The Balaban J connectivity index is 0.00000204. The minimum absolute atomic E-state index is 0. The summed E-state index contributed by atoms with van der Waals surface area (Å²) in [5, 5.41) is 13.2. The van der Waals surface area contributed by atoms with Gasteiger partial charge in [0, 0.05) is 35.5 Å². The lowest BCUT2D eigenvalue weighted by atomic mass is 9.92. The van der Waals surface area contributed by atoms with E-state index >= 15 is 0 Å². The second kappa shape index (κ2) is 6.85. The van der Waals surface area contributed by atoms with E-state index in [0.29, 0.717) is 22.2 Å². The molecule has 0 radical (unpaired) electrons. The van der Waals surface area contributed by atoms with Crippen LogP contribution in [0.3, 0.4) is 0 Å². The SMILES string of the molecule is Cl.O=C1NC(=O)C(c2cc(O)cc3ccoc23)=C1C1=NC=CN2CCc3cccc1c32. The monoisotopic (exact) mass is 433 g/mol. The lowest BCUT2D eigenvalue weighted by molar-refractivity contribution is -0.123. The Morgan fingerprint density at radius 1 is 1.06 bits per heavy atom. The number of anilines is 1. The van der Waals surface area contributed by atoms with Gasteiger partial charge in [0.25, 0.3) is 11.8 Å². The minimum atomic E-state index is -0.543. The normalized spacial score (nSPS) is 16.9. The van der Waals surface area contributed by atoms with Crippen molar-refractivity contribution in [3.8, 4) is 5.75 Å². The molecule has 1 aromatic heterocycles. The topological polar surface area (TPSA) is 95.1 Å². The molecule has 0 aliphatic carbocycles. The zero-order chi connectivity index (χ0) is 20.4. The van der Waals surface area contributed by atoms with Crippen molar-refractivity contribution in [2.45, 2.75) is 6.42 Å². The molecular formula is C23H16ClN3O4. The molecule has 0 bridgehead atoms. The Labute approximate surface area is 182 Å². The number of para-hydroxylation sites is 1. The van der Waals surface area contributed by atoms with Gasteiger partial charge in [0.1, 0.15) is 11.3 Å². The van der Waals surface area contributed by atoms with Crippen LogP contribution >= 0.6 is 12.4 Å². The van der Waals surface area contributed by atoms with Gasteiger partial charge < -0.3 is 14.4 Å². The second-order valence-corrected chi connectivity index (χ2v) is 7.40. The van der Waals surface area contributed by atoms with Crippen LogP contribution in [0.4, 0.5) is 5.69 Å². The van der Waals surface area contributed by atoms with Crippen LogP contribution in [0.25, 0.3) is 16.5 Å². The molecule has 3 aliphatic heterocycles. The number of carbonyl (C=O) groups is 2. The Morgan fingerprint density at radius 3 is 2.77 bits per heavy atom. The van der Waals surface area contributed by atoms with Crippen LogP contribution < -0.4 is 10.2 Å². The fourth-order valence-corrected chi connectivity index (χ4v) is 4.47. The molecule has 0 spiro atoms. The first-order valence-corrected chi connectivity index (χ1v) is 9.56. The Morgan fingerprint density at radius 2 is 1.90 bits per heavy atom. The van der Waals surface area contributed by atoms with Crippen LogP contribution in [0.2, 0.25) is 0 Å². The highest BCUT2D eigenvalue weighted by Crippen LogP contribution is 2.39. The van der Waals surface area contributed by atoms with Crippen molar-refractivity contribution < 1.29 is 19.1 Å². The van der Waals surface area contributed by atoms with Crippen LogP contribution in [0.15, 0.2) is 70.0 Å². The molecule has 2 aromatic carbocycles. The van der Waals surface area contributed by atoms with E-state index in [4.69, 9.17) is 4.42 Å². The first-order chi connectivity index (χ1) is 14.6. The standard InChI is InChI=1S/C23H15N3O4.ClH/c27-14-10-13-5-9-30-21(13)16(11-14)17-18(23(29)25-22(17)28)19-15-3-1-2-12-4-7-26(20(12)15)8-6-24-19;/h1-3,5-6,8-11,27H,4,7H2,(H,25,28,29);1H. The molecule has 31 heavy (non-hydrogen) atoms. The number of amides is 2. The number of carbonyl (C=O) groups excluding carboxylic acids is 2. The number of fused-ring (bicyclic) bond motifs is 1. The number of hydrogen-bond acceptors (Lipinski definition) is 6. The Hall–Kier alpha value is -3.84. The minimum Gasteiger partial charge on any atom is -0.508 e. The van der Waals surface area contributed by atoms with Gasteiger partial charge in [0.05, 0.1) is 28.8 Å². The third-order valence-corrected chi connectivity index (χ3v) is 5.71. The highest BCUT2D eigenvalue weighted by molar-refractivity contribution is 6.48. The van der Waals surface area contributed by atoms with E-state index < -0.39 is 11.8 Å². The average Bonchev–Trinajstić information content (AvgIpc) is 3.39. The van der Waals surface area contributed by atoms with Crippen molar-refractivity contribution in [2.75, 3.05) is 11.4 Å². The smallest absolute Gasteiger partial charge is 0.261 e. The molecule has 154 valence electrons. The van der Waals surface area contributed by atoms with Crippen molar-refractivity contribution in [3.05, 3.63) is 77.3 Å². The number of benzene rings is 2. The number of hydrogen-bond donors (Lipinski definition) is 2. The summed E-state index contributed by atoms with van der Waals surface area (Å²) in [7, 11) is 0. The highest BCUT2D eigenvalue weighted by atomic mass is 35.5. The van der Waals surface area contributed by atoms with Crippen molar-refractivity contribution in [3.63, 3.8) is 0 Å². The van der Waals surface area contributed by atoms with Crippen LogP contribution in [0.5, 0.6) is 5.75 Å². The summed E-state index contributed by atoms with van der Waals surface area (Å²) in [5.74, 6) is -1.08. The predicted octanol–water partition coefficient (Wildman–Crippen LogP) is 3.31. The van der Waals surface area contributed by atoms with E-state index in [0.717, 1.165) is 24.2 Å². The van der Waals surface area contributed by atoms with Gasteiger partial charge in [0.15, 0.2) is 0 Å². The number of rotatable bonds is 2. The Kier molecular flexibility index (Phi) is 4.23. The third kappa shape index (κ3) is 2.70. The van der Waals surface area contributed by atoms with Crippen LogP contribution in [0, 0.1) is 0 Å². The van der Waals surface area contributed by atoms with Gasteiger partial charge in [-0.1, -0.05) is 18.2 Å². The van der Waals surface area contributed by atoms with Gasteiger partial charge in [-0.3, -0.25) is 19.9 Å². The zero-order valence-corrected chi connectivity index (χ0v) is 16.9. The second-order valence-electron chi connectivity index (χ2n) is 7.40. The van der Waals surface area contributed by atoms with Gasteiger partial charge in [0.2, 0.25) is 0 Å². The average molecular weight is 434 g/mol. The van der Waals surface area contributed by atoms with Crippen molar-refractivity contribution in [1.82, 2.24) is 5.32 Å². The van der Waals surface area contributed by atoms with Crippen molar-refractivity contribution >= 4 is 52.2 Å². The molecule has 0 atom stereocenters. The number of aromatic hydroxyl groups is 1. The zero-order valence-electron chi connectivity index (χ0n) is 16.1. The molecule has 0 unspecified atom stereocenters. The number of nitrogens with one attached hydrogen (secondary N) is 1. The summed E-state index contributed by atoms with van der Waals surface area (Å²) in [6.45, 7) is 0.836. The molecule has 0 saturated heterocycles. The third-order valence-electron chi connectivity index (χ3n) is 5.71. The molecule has 2 N–H and O–H groups in total. The lowest BCUT2D eigenvalue weighted by Crippen LogP contribution is -2.25. The van der Waals surface area contributed by atoms with Crippen LogP contribution in [0.1, 0.15) is 16.7 Å². The first kappa shape index (κ1) is 19.1. The summed E-state index contributed by atoms with van der Waals surface area (Å²) in [5.41, 5.74) is 4.50. The highest BCUT2D eigenvalue weighted by Gasteiger charge is 2.38. The van der Waals surface area contributed by atoms with Crippen molar-refractivity contribution in [2.24, 2.45) is 4.99 Å². The largest absolute Gasteiger partial charge is 0.508 e. The first-order valence-electron chi connectivity index (χ1n) is 9.56. The molecule has 6 rings (SSSR count). The molecule has 4 heterocycles. The molecule has 7 nitrogen and oxygen atoms in total. The summed E-state index contributed by atoms with van der Waals surface area (Å²) < 4.78 is 5.58. The van der Waals surface area contributed by atoms with Gasteiger partial charge in [-0.05, 0) is 30.2 Å². The van der Waals surface area contributed by atoms with E-state index in [1.807, 2.05) is 18.3 Å². The summed E-state index contributed by atoms with van der Waals surface area (Å²) in [6.07, 6.45) is 5.92. The number of phenolic OH excluding ortho intramolecular Hbond substituents is 1.